The maximum atomic E-state index is 11.5. The fraction of sp³-hybridized carbons (Fsp3) is 0.545. The maximum Gasteiger partial charge on any atom is 0.340 e. The molecule has 0 aliphatic rings. The van der Waals surface area contributed by atoms with E-state index in [1.165, 1.54) is 6.92 Å². The van der Waals surface area contributed by atoms with Crippen LogP contribution in [0.5, 0.6) is 0 Å². The first-order valence-electron chi connectivity index (χ1n) is 5.23. The molecule has 17 heavy (non-hydrogen) atoms. The first kappa shape index (κ1) is 15.2. The molecule has 1 N–H and O–H groups in total. The van der Waals surface area contributed by atoms with Gasteiger partial charge in [0.15, 0.2) is 0 Å². The first-order chi connectivity index (χ1) is 7.93. The van der Waals surface area contributed by atoms with E-state index in [1.54, 1.807) is 13.8 Å². The first-order valence-corrected chi connectivity index (χ1v) is 5.23. The van der Waals surface area contributed by atoms with Gasteiger partial charge in [-0.2, -0.15) is 0 Å². The van der Waals surface area contributed by atoms with E-state index in [0.717, 1.165) is 0 Å². The zero-order chi connectivity index (χ0) is 13.4. The number of carbonyl (C=O) groups excluding carboxylic acids is 3. The second-order valence-electron chi connectivity index (χ2n) is 3.19. The van der Waals surface area contributed by atoms with Crippen LogP contribution in [0.1, 0.15) is 20.8 Å². The third kappa shape index (κ3) is 5.14. The van der Waals surface area contributed by atoms with E-state index in [2.05, 4.69) is 21.4 Å². The van der Waals surface area contributed by atoms with Crippen LogP contribution in [-0.2, 0) is 23.9 Å². The average Bonchev–Trinajstić information content (AvgIpc) is 2.25. The van der Waals surface area contributed by atoms with Crippen LogP contribution in [0.4, 0.5) is 0 Å². The monoisotopic (exact) mass is 243 g/mol. The maximum absolute atomic E-state index is 11.5. The summed E-state index contributed by atoms with van der Waals surface area (Å²) in [6.45, 7) is 8.28. The Morgan fingerprint density at radius 3 is 1.82 bits per heavy atom. The summed E-state index contributed by atoms with van der Waals surface area (Å²) in [4.78, 5) is 34.2. The van der Waals surface area contributed by atoms with Gasteiger partial charge in [0.2, 0.25) is 11.9 Å². The topological polar surface area (TPSA) is 81.7 Å². The summed E-state index contributed by atoms with van der Waals surface area (Å²) in [7, 11) is 0. The number of nitrogens with one attached hydrogen (secondary N) is 1. The van der Waals surface area contributed by atoms with Crippen LogP contribution in [-0.4, -0.2) is 37.1 Å². The van der Waals surface area contributed by atoms with Gasteiger partial charge in [-0.05, 0) is 20.8 Å². The SMILES string of the molecule is C=C(C)C(=O)NC(C(=O)OCC)C(=O)OCC. The highest BCUT2D eigenvalue weighted by atomic mass is 16.6. The van der Waals surface area contributed by atoms with E-state index >= 15 is 0 Å². The minimum Gasteiger partial charge on any atom is -0.464 e. The molecule has 0 aliphatic carbocycles. The van der Waals surface area contributed by atoms with Gasteiger partial charge in [0.05, 0.1) is 13.2 Å². The van der Waals surface area contributed by atoms with Gasteiger partial charge in [-0.1, -0.05) is 6.58 Å². The summed E-state index contributed by atoms with van der Waals surface area (Å²) >= 11 is 0. The molecule has 0 aromatic rings. The molecular weight excluding hydrogens is 226 g/mol. The third-order valence-corrected chi connectivity index (χ3v) is 1.71. The van der Waals surface area contributed by atoms with Gasteiger partial charge in [-0.3, -0.25) is 4.79 Å². The van der Waals surface area contributed by atoms with Crippen LogP contribution < -0.4 is 5.32 Å². The summed E-state index contributed by atoms with van der Waals surface area (Å²) in [6.07, 6.45) is 0. The van der Waals surface area contributed by atoms with Gasteiger partial charge in [-0.15, -0.1) is 0 Å². The Kier molecular flexibility index (Phi) is 6.62. The summed E-state index contributed by atoms with van der Waals surface area (Å²) in [5.74, 6) is -2.29. The summed E-state index contributed by atoms with van der Waals surface area (Å²) in [5.41, 5.74) is 0.184. The minimum atomic E-state index is -1.45. The number of hydrogen-bond donors (Lipinski definition) is 1. The molecule has 0 unspecified atom stereocenters. The molecule has 0 rings (SSSR count). The molecular formula is C11H17NO5. The van der Waals surface area contributed by atoms with E-state index in [9.17, 15) is 14.4 Å². The molecule has 0 saturated carbocycles. The Bertz CT molecular complexity index is 306. The molecule has 0 saturated heterocycles. The number of hydrogen-bond acceptors (Lipinski definition) is 5. The van der Waals surface area contributed by atoms with Gasteiger partial charge in [0.25, 0.3) is 0 Å². The van der Waals surface area contributed by atoms with E-state index in [0.29, 0.717) is 0 Å². The molecule has 0 aromatic carbocycles. The highest BCUT2D eigenvalue weighted by Gasteiger charge is 2.31. The standard InChI is InChI=1S/C11H17NO5/c1-5-16-10(14)8(11(15)17-6-2)12-9(13)7(3)4/h8H,3,5-6H2,1-2,4H3,(H,12,13). The van der Waals surface area contributed by atoms with Crippen molar-refractivity contribution in [2.75, 3.05) is 13.2 Å². The van der Waals surface area contributed by atoms with Crippen LogP contribution in [0.15, 0.2) is 12.2 Å². The van der Waals surface area contributed by atoms with Gasteiger partial charge in [0.1, 0.15) is 0 Å². The zero-order valence-corrected chi connectivity index (χ0v) is 10.2. The molecule has 0 radical (unpaired) electrons. The molecule has 0 aliphatic heterocycles. The predicted molar refractivity (Wildman–Crippen MR) is 60.0 cm³/mol. The lowest BCUT2D eigenvalue weighted by molar-refractivity contribution is -0.159. The Hall–Kier alpha value is -1.85. The predicted octanol–water partition coefficient (Wildman–Crippen LogP) is 0.173. The van der Waals surface area contributed by atoms with E-state index < -0.39 is 23.9 Å². The van der Waals surface area contributed by atoms with Crippen LogP contribution >= 0.6 is 0 Å². The van der Waals surface area contributed by atoms with Crippen LogP contribution in [0.2, 0.25) is 0 Å². The lowest BCUT2D eigenvalue weighted by atomic mass is 10.2. The summed E-state index contributed by atoms with van der Waals surface area (Å²) in [6, 6.07) is -1.45. The Labute approximate surface area is 100.0 Å². The Morgan fingerprint density at radius 2 is 1.53 bits per heavy atom. The highest BCUT2D eigenvalue weighted by Crippen LogP contribution is 1.97. The van der Waals surface area contributed by atoms with Crippen molar-refractivity contribution in [3.05, 3.63) is 12.2 Å². The highest BCUT2D eigenvalue weighted by molar-refractivity contribution is 6.05. The van der Waals surface area contributed by atoms with Crippen molar-refractivity contribution in [2.24, 2.45) is 0 Å². The Balaban J connectivity index is 4.72. The molecule has 0 atom stereocenters. The van der Waals surface area contributed by atoms with Crippen LogP contribution in [0, 0.1) is 0 Å². The summed E-state index contributed by atoms with van der Waals surface area (Å²) in [5, 5.41) is 2.20. The van der Waals surface area contributed by atoms with Gasteiger partial charge < -0.3 is 14.8 Å². The lowest BCUT2D eigenvalue weighted by Gasteiger charge is -2.15. The quantitative estimate of drug-likeness (QED) is 0.408. The number of ether oxygens (including phenoxy) is 2. The smallest absolute Gasteiger partial charge is 0.340 e. The lowest BCUT2D eigenvalue weighted by Crippen LogP contribution is -2.48. The molecule has 6 nitrogen and oxygen atoms in total. The van der Waals surface area contributed by atoms with Crippen molar-refractivity contribution in [1.29, 1.82) is 0 Å². The van der Waals surface area contributed by atoms with Gasteiger partial charge in [-0.25, -0.2) is 9.59 Å². The Morgan fingerprint density at radius 1 is 1.12 bits per heavy atom. The second-order valence-corrected chi connectivity index (χ2v) is 3.19. The van der Waals surface area contributed by atoms with Gasteiger partial charge >= 0.3 is 11.9 Å². The minimum absolute atomic E-state index is 0.109. The van der Waals surface area contributed by atoms with Crippen molar-refractivity contribution < 1.29 is 23.9 Å². The van der Waals surface area contributed by atoms with Crippen molar-refractivity contribution in [3.8, 4) is 0 Å². The summed E-state index contributed by atoms with van der Waals surface area (Å²) < 4.78 is 9.34. The molecule has 0 aromatic heterocycles. The number of amides is 1. The third-order valence-electron chi connectivity index (χ3n) is 1.71. The molecule has 0 heterocycles. The van der Waals surface area contributed by atoms with Crippen molar-refractivity contribution in [2.45, 2.75) is 26.8 Å². The molecule has 6 heteroatoms. The average molecular weight is 243 g/mol. The number of carbonyl (C=O) groups is 3. The molecule has 0 fully saturated rings. The van der Waals surface area contributed by atoms with E-state index in [4.69, 9.17) is 0 Å². The number of rotatable bonds is 6. The molecule has 0 bridgehead atoms. The molecule has 1 amide bonds. The van der Waals surface area contributed by atoms with E-state index in [-0.39, 0.29) is 18.8 Å². The fourth-order valence-corrected chi connectivity index (χ4v) is 0.920. The normalized spacial score (nSPS) is 9.65. The molecule has 96 valence electrons. The van der Waals surface area contributed by atoms with Crippen LogP contribution in [0.3, 0.4) is 0 Å². The van der Waals surface area contributed by atoms with Gasteiger partial charge in [0, 0.05) is 5.57 Å². The second kappa shape index (κ2) is 7.43. The van der Waals surface area contributed by atoms with Crippen LogP contribution in [0.25, 0.3) is 0 Å². The van der Waals surface area contributed by atoms with Crippen molar-refractivity contribution in [1.82, 2.24) is 5.32 Å². The number of esters is 2. The van der Waals surface area contributed by atoms with E-state index in [1.807, 2.05) is 0 Å². The van der Waals surface area contributed by atoms with Crippen molar-refractivity contribution >= 4 is 17.8 Å². The molecule has 0 spiro atoms. The zero-order valence-electron chi connectivity index (χ0n) is 10.2. The fourth-order valence-electron chi connectivity index (χ4n) is 0.920. The largest absolute Gasteiger partial charge is 0.464 e. The van der Waals surface area contributed by atoms with Crippen molar-refractivity contribution in [3.63, 3.8) is 0 Å².